The SMILES string of the molecule is COCc1ccccc1.O=CCN1CCNCC1. The van der Waals surface area contributed by atoms with Crippen LogP contribution in [0.2, 0.25) is 0 Å². The molecule has 1 aromatic rings. The Morgan fingerprint density at radius 1 is 1.28 bits per heavy atom. The van der Waals surface area contributed by atoms with E-state index in [1.165, 1.54) is 5.56 Å². The molecule has 0 aromatic heterocycles. The second kappa shape index (κ2) is 9.76. The zero-order valence-electron chi connectivity index (χ0n) is 11.0. The Morgan fingerprint density at radius 2 is 1.94 bits per heavy atom. The summed E-state index contributed by atoms with van der Waals surface area (Å²) in [6.45, 7) is 5.38. The van der Waals surface area contributed by atoms with Gasteiger partial charge in [-0.15, -0.1) is 0 Å². The molecule has 1 saturated heterocycles. The highest BCUT2D eigenvalue weighted by molar-refractivity contribution is 5.51. The Balaban J connectivity index is 0.000000180. The van der Waals surface area contributed by atoms with Gasteiger partial charge >= 0.3 is 0 Å². The van der Waals surface area contributed by atoms with Crippen molar-refractivity contribution in [3.05, 3.63) is 35.9 Å². The minimum absolute atomic E-state index is 0.599. The first-order valence-corrected chi connectivity index (χ1v) is 6.26. The molecule has 0 saturated carbocycles. The monoisotopic (exact) mass is 250 g/mol. The van der Waals surface area contributed by atoms with Crippen molar-refractivity contribution in [1.29, 1.82) is 0 Å². The van der Waals surface area contributed by atoms with Crippen LogP contribution in [0.5, 0.6) is 0 Å². The average molecular weight is 250 g/mol. The lowest BCUT2D eigenvalue weighted by molar-refractivity contribution is -0.109. The van der Waals surface area contributed by atoms with Crippen molar-refractivity contribution >= 4 is 6.29 Å². The minimum atomic E-state index is 0.599. The first-order valence-electron chi connectivity index (χ1n) is 6.26. The van der Waals surface area contributed by atoms with Crippen LogP contribution in [-0.2, 0) is 16.1 Å². The van der Waals surface area contributed by atoms with Gasteiger partial charge in [-0.3, -0.25) is 4.90 Å². The maximum atomic E-state index is 10.0. The molecule has 18 heavy (non-hydrogen) atoms. The molecule has 0 spiro atoms. The van der Waals surface area contributed by atoms with Crippen LogP contribution in [0.1, 0.15) is 5.56 Å². The minimum Gasteiger partial charge on any atom is -0.380 e. The number of aldehydes is 1. The predicted molar refractivity (Wildman–Crippen MR) is 72.5 cm³/mol. The van der Waals surface area contributed by atoms with Crippen LogP contribution in [0.3, 0.4) is 0 Å². The van der Waals surface area contributed by atoms with Crippen molar-refractivity contribution in [3.63, 3.8) is 0 Å². The zero-order valence-corrected chi connectivity index (χ0v) is 11.0. The summed E-state index contributed by atoms with van der Waals surface area (Å²) in [5.41, 5.74) is 1.22. The van der Waals surface area contributed by atoms with E-state index in [2.05, 4.69) is 10.2 Å². The molecule has 4 nitrogen and oxygen atoms in total. The van der Waals surface area contributed by atoms with Gasteiger partial charge in [-0.05, 0) is 5.56 Å². The number of carbonyl (C=O) groups excluding carboxylic acids is 1. The highest BCUT2D eigenvalue weighted by Crippen LogP contribution is 1.98. The number of nitrogens with one attached hydrogen (secondary N) is 1. The lowest BCUT2D eigenvalue weighted by atomic mass is 10.2. The molecule has 2 rings (SSSR count). The molecule has 1 fully saturated rings. The smallest absolute Gasteiger partial charge is 0.133 e. The predicted octanol–water partition coefficient (Wildman–Crippen LogP) is 0.923. The number of piperazine rings is 1. The number of carbonyl (C=O) groups is 1. The highest BCUT2D eigenvalue weighted by Gasteiger charge is 2.06. The number of methoxy groups -OCH3 is 1. The molecule has 0 amide bonds. The van der Waals surface area contributed by atoms with Crippen molar-refractivity contribution in [3.8, 4) is 0 Å². The van der Waals surface area contributed by atoms with Gasteiger partial charge in [0.05, 0.1) is 13.2 Å². The van der Waals surface area contributed by atoms with Crippen LogP contribution in [-0.4, -0.2) is 51.0 Å². The molecule has 0 radical (unpaired) electrons. The van der Waals surface area contributed by atoms with Crippen LogP contribution in [0.25, 0.3) is 0 Å². The van der Waals surface area contributed by atoms with Crippen LogP contribution in [0.15, 0.2) is 30.3 Å². The van der Waals surface area contributed by atoms with E-state index in [-0.39, 0.29) is 0 Å². The second-order valence-corrected chi connectivity index (χ2v) is 4.14. The first kappa shape index (κ1) is 14.8. The normalized spacial score (nSPS) is 15.6. The lowest BCUT2D eigenvalue weighted by Gasteiger charge is -2.24. The van der Waals surface area contributed by atoms with Gasteiger partial charge in [0.1, 0.15) is 6.29 Å². The number of ether oxygens (including phenoxy) is 1. The molecule has 0 bridgehead atoms. The van der Waals surface area contributed by atoms with Gasteiger partial charge in [0, 0.05) is 33.3 Å². The molecule has 1 heterocycles. The third kappa shape index (κ3) is 6.49. The van der Waals surface area contributed by atoms with Gasteiger partial charge < -0.3 is 14.8 Å². The van der Waals surface area contributed by atoms with Gasteiger partial charge in [0.25, 0.3) is 0 Å². The van der Waals surface area contributed by atoms with E-state index in [4.69, 9.17) is 4.74 Å². The molecule has 0 unspecified atom stereocenters. The Hall–Kier alpha value is -1.23. The van der Waals surface area contributed by atoms with E-state index in [1.54, 1.807) is 7.11 Å². The Kier molecular flexibility index (Phi) is 8.04. The summed E-state index contributed by atoms with van der Waals surface area (Å²) >= 11 is 0. The second-order valence-electron chi connectivity index (χ2n) is 4.14. The summed E-state index contributed by atoms with van der Waals surface area (Å²) in [6, 6.07) is 10.1. The summed E-state index contributed by atoms with van der Waals surface area (Å²) in [5, 5.41) is 3.22. The summed E-state index contributed by atoms with van der Waals surface area (Å²) in [7, 11) is 1.70. The molecule has 0 aliphatic carbocycles. The topological polar surface area (TPSA) is 41.6 Å². The molecular weight excluding hydrogens is 228 g/mol. The average Bonchev–Trinajstić information content (AvgIpc) is 2.43. The van der Waals surface area contributed by atoms with Crippen molar-refractivity contribution in [2.45, 2.75) is 6.61 Å². The van der Waals surface area contributed by atoms with Crippen LogP contribution >= 0.6 is 0 Å². The van der Waals surface area contributed by atoms with Gasteiger partial charge in [-0.1, -0.05) is 30.3 Å². The molecule has 0 atom stereocenters. The maximum Gasteiger partial charge on any atom is 0.133 e. The molecule has 1 aliphatic heterocycles. The molecule has 1 aromatic carbocycles. The fourth-order valence-corrected chi connectivity index (χ4v) is 1.74. The third-order valence-electron chi connectivity index (χ3n) is 2.70. The maximum absolute atomic E-state index is 10.0. The van der Waals surface area contributed by atoms with Crippen molar-refractivity contribution < 1.29 is 9.53 Å². The zero-order chi connectivity index (χ0) is 13.1. The number of hydrogen-bond acceptors (Lipinski definition) is 4. The summed E-state index contributed by atoms with van der Waals surface area (Å²) in [5.74, 6) is 0. The standard InChI is InChI=1S/C8H10O.C6H12N2O/c1-9-7-8-5-3-2-4-6-8;9-6-5-8-3-1-7-2-4-8/h2-6H,7H2,1H3;6-7H,1-5H2. The Bertz CT molecular complexity index is 311. The molecule has 1 N–H and O–H groups in total. The van der Waals surface area contributed by atoms with E-state index < -0.39 is 0 Å². The fraction of sp³-hybridized carbons (Fsp3) is 0.500. The van der Waals surface area contributed by atoms with Crippen LogP contribution < -0.4 is 5.32 Å². The van der Waals surface area contributed by atoms with Crippen molar-refractivity contribution in [1.82, 2.24) is 10.2 Å². The first-order chi connectivity index (χ1) is 8.86. The van der Waals surface area contributed by atoms with E-state index in [9.17, 15) is 4.79 Å². The van der Waals surface area contributed by atoms with Crippen molar-refractivity contribution in [2.24, 2.45) is 0 Å². The van der Waals surface area contributed by atoms with Gasteiger partial charge in [0.2, 0.25) is 0 Å². The van der Waals surface area contributed by atoms with Crippen LogP contribution in [0, 0.1) is 0 Å². The number of benzene rings is 1. The van der Waals surface area contributed by atoms with E-state index in [0.29, 0.717) is 13.2 Å². The highest BCUT2D eigenvalue weighted by atomic mass is 16.5. The number of hydrogen-bond donors (Lipinski definition) is 1. The summed E-state index contributed by atoms with van der Waals surface area (Å²) < 4.78 is 4.93. The molecule has 1 aliphatic rings. The van der Waals surface area contributed by atoms with Crippen molar-refractivity contribution in [2.75, 3.05) is 39.8 Å². The quantitative estimate of drug-likeness (QED) is 0.807. The fourth-order valence-electron chi connectivity index (χ4n) is 1.74. The number of rotatable bonds is 4. The molecule has 4 heteroatoms. The van der Waals surface area contributed by atoms with E-state index in [1.807, 2.05) is 30.3 Å². The van der Waals surface area contributed by atoms with Gasteiger partial charge in [-0.2, -0.15) is 0 Å². The summed E-state index contributed by atoms with van der Waals surface area (Å²) in [4.78, 5) is 12.2. The number of nitrogens with zero attached hydrogens (tertiary/aromatic N) is 1. The Labute approximate surface area is 109 Å². The van der Waals surface area contributed by atoms with E-state index >= 15 is 0 Å². The van der Waals surface area contributed by atoms with Gasteiger partial charge in [0.15, 0.2) is 0 Å². The van der Waals surface area contributed by atoms with Crippen LogP contribution in [0.4, 0.5) is 0 Å². The lowest BCUT2D eigenvalue weighted by Crippen LogP contribution is -2.44. The van der Waals surface area contributed by atoms with Gasteiger partial charge in [-0.25, -0.2) is 0 Å². The summed E-state index contributed by atoms with van der Waals surface area (Å²) in [6.07, 6.45) is 0.964. The van der Waals surface area contributed by atoms with E-state index in [0.717, 1.165) is 32.5 Å². The molecule has 100 valence electrons. The Morgan fingerprint density at radius 3 is 2.50 bits per heavy atom. The molecular formula is C14H22N2O2. The third-order valence-corrected chi connectivity index (χ3v) is 2.70. The largest absolute Gasteiger partial charge is 0.380 e.